The average molecular weight is 272 g/mol. The molecule has 2 rings (SSSR count). The van der Waals surface area contributed by atoms with Gasteiger partial charge >= 0.3 is 6.18 Å². The number of alkyl halides is 3. The van der Waals surface area contributed by atoms with Gasteiger partial charge in [0.25, 0.3) is 0 Å². The van der Waals surface area contributed by atoms with Crippen molar-refractivity contribution in [1.82, 2.24) is 10.2 Å². The van der Waals surface area contributed by atoms with Crippen molar-refractivity contribution >= 4 is 0 Å². The van der Waals surface area contributed by atoms with E-state index in [1.807, 2.05) is 0 Å². The Hall–Kier alpha value is -1.07. The van der Waals surface area contributed by atoms with Crippen LogP contribution in [0.4, 0.5) is 13.2 Å². The Morgan fingerprint density at radius 1 is 1.00 bits per heavy atom. The number of nitrogens with one attached hydrogen (secondary N) is 1. The van der Waals surface area contributed by atoms with Crippen molar-refractivity contribution < 1.29 is 13.2 Å². The first-order chi connectivity index (χ1) is 9.05. The maximum Gasteiger partial charge on any atom is 0.416 e. The third-order valence-electron chi connectivity index (χ3n) is 3.34. The van der Waals surface area contributed by atoms with E-state index in [1.54, 1.807) is 12.1 Å². The van der Waals surface area contributed by atoms with Gasteiger partial charge in [-0.05, 0) is 56.7 Å². The van der Waals surface area contributed by atoms with Gasteiger partial charge in [0.1, 0.15) is 0 Å². The van der Waals surface area contributed by atoms with Crippen LogP contribution in [0.2, 0.25) is 0 Å². The molecular weight excluding hydrogens is 253 g/mol. The van der Waals surface area contributed by atoms with Gasteiger partial charge in [-0.2, -0.15) is 13.2 Å². The molecule has 1 aliphatic heterocycles. The highest BCUT2D eigenvalue weighted by atomic mass is 19.4. The Morgan fingerprint density at radius 2 is 1.58 bits per heavy atom. The maximum atomic E-state index is 12.5. The predicted molar refractivity (Wildman–Crippen MR) is 68.8 cm³/mol. The van der Waals surface area contributed by atoms with Crippen LogP contribution in [0.3, 0.4) is 0 Å². The molecule has 0 bridgehead atoms. The highest BCUT2D eigenvalue weighted by molar-refractivity contribution is 5.24. The van der Waals surface area contributed by atoms with Gasteiger partial charge in [-0.1, -0.05) is 12.1 Å². The van der Waals surface area contributed by atoms with E-state index in [-0.39, 0.29) is 0 Å². The molecule has 0 spiro atoms. The molecule has 106 valence electrons. The van der Waals surface area contributed by atoms with Crippen LogP contribution in [-0.2, 0) is 12.7 Å². The summed E-state index contributed by atoms with van der Waals surface area (Å²) in [7, 11) is 0. The number of hydrogen-bond donors (Lipinski definition) is 1. The molecule has 0 unspecified atom stereocenters. The summed E-state index contributed by atoms with van der Waals surface area (Å²) < 4.78 is 37.4. The second-order valence-electron chi connectivity index (χ2n) is 4.93. The molecule has 1 aromatic rings. The highest BCUT2D eigenvalue weighted by Gasteiger charge is 2.29. The van der Waals surface area contributed by atoms with Crippen LogP contribution in [0.5, 0.6) is 0 Å². The lowest BCUT2D eigenvalue weighted by Gasteiger charge is -2.25. The van der Waals surface area contributed by atoms with Crippen LogP contribution in [0.15, 0.2) is 24.3 Å². The maximum absolute atomic E-state index is 12.5. The molecule has 1 aromatic carbocycles. The molecule has 0 aliphatic carbocycles. The Morgan fingerprint density at radius 3 is 2.11 bits per heavy atom. The molecule has 1 saturated heterocycles. The number of nitrogens with zero attached hydrogens (tertiary/aromatic N) is 1. The zero-order chi connectivity index (χ0) is 13.7. The van der Waals surface area contributed by atoms with Gasteiger partial charge in [-0.15, -0.1) is 0 Å². The quantitative estimate of drug-likeness (QED) is 0.890. The Kier molecular flexibility index (Phi) is 4.82. The Bertz CT molecular complexity index is 379. The lowest BCUT2D eigenvalue weighted by atomic mass is 10.1. The van der Waals surface area contributed by atoms with Gasteiger partial charge < -0.3 is 5.32 Å². The van der Waals surface area contributed by atoms with E-state index in [1.165, 1.54) is 12.1 Å². The van der Waals surface area contributed by atoms with Gasteiger partial charge in [0.15, 0.2) is 0 Å². The van der Waals surface area contributed by atoms with E-state index in [0.29, 0.717) is 0 Å². The highest BCUT2D eigenvalue weighted by Crippen LogP contribution is 2.29. The summed E-state index contributed by atoms with van der Waals surface area (Å²) in [6.07, 6.45) is -2.08. The van der Waals surface area contributed by atoms with Crippen molar-refractivity contribution in [3.8, 4) is 0 Å². The average Bonchev–Trinajstić information content (AvgIpc) is 2.32. The molecule has 1 heterocycles. The molecule has 0 saturated carbocycles. The van der Waals surface area contributed by atoms with Crippen LogP contribution in [0, 0.1) is 0 Å². The van der Waals surface area contributed by atoms with Crippen molar-refractivity contribution in [2.75, 3.05) is 26.2 Å². The fraction of sp³-hybridized carbons (Fsp3) is 0.571. The van der Waals surface area contributed by atoms with E-state index in [4.69, 9.17) is 0 Å². The number of hydrogen-bond acceptors (Lipinski definition) is 2. The van der Waals surface area contributed by atoms with Crippen molar-refractivity contribution in [2.24, 2.45) is 0 Å². The largest absolute Gasteiger partial charge is 0.416 e. The van der Waals surface area contributed by atoms with Crippen LogP contribution in [0.25, 0.3) is 0 Å². The van der Waals surface area contributed by atoms with E-state index in [0.717, 1.165) is 51.1 Å². The van der Waals surface area contributed by atoms with Crippen molar-refractivity contribution in [3.05, 3.63) is 35.4 Å². The summed E-state index contributed by atoms with van der Waals surface area (Å²) in [6, 6.07) is 5.50. The van der Waals surface area contributed by atoms with E-state index in [2.05, 4.69) is 10.2 Å². The smallest absolute Gasteiger partial charge is 0.317 e. The first-order valence-corrected chi connectivity index (χ1v) is 6.65. The third-order valence-corrected chi connectivity index (χ3v) is 3.34. The molecule has 1 N–H and O–H groups in total. The second-order valence-corrected chi connectivity index (χ2v) is 4.93. The first-order valence-electron chi connectivity index (χ1n) is 6.65. The summed E-state index contributed by atoms with van der Waals surface area (Å²) in [5.41, 5.74) is 0.370. The summed E-state index contributed by atoms with van der Waals surface area (Å²) in [6.45, 7) is 4.76. The van der Waals surface area contributed by atoms with Gasteiger partial charge in [0.2, 0.25) is 0 Å². The van der Waals surface area contributed by atoms with Gasteiger partial charge in [0.05, 0.1) is 5.56 Å². The fourth-order valence-corrected chi connectivity index (χ4v) is 2.31. The summed E-state index contributed by atoms with van der Waals surface area (Å²) >= 11 is 0. The lowest BCUT2D eigenvalue weighted by molar-refractivity contribution is -0.137. The summed E-state index contributed by atoms with van der Waals surface area (Å²) in [4.78, 5) is 2.31. The Balaban J connectivity index is 1.94. The monoisotopic (exact) mass is 272 g/mol. The third kappa shape index (κ3) is 4.51. The fourth-order valence-electron chi connectivity index (χ4n) is 2.31. The minimum absolute atomic E-state index is 0.576. The second kappa shape index (κ2) is 6.39. The first kappa shape index (κ1) is 14.3. The topological polar surface area (TPSA) is 15.3 Å². The van der Waals surface area contributed by atoms with Crippen molar-refractivity contribution in [2.45, 2.75) is 25.6 Å². The molecule has 0 amide bonds. The normalized spacial score (nSPS) is 18.9. The van der Waals surface area contributed by atoms with Gasteiger partial charge in [0, 0.05) is 6.54 Å². The van der Waals surface area contributed by atoms with E-state index >= 15 is 0 Å². The minimum atomic E-state index is -4.25. The standard InChI is InChI=1S/C14H19F3N2/c15-14(16,17)13-5-3-12(4-6-13)11-19-9-1-7-18-8-2-10-19/h3-6,18H,1-2,7-11H2. The zero-order valence-electron chi connectivity index (χ0n) is 10.8. The SMILES string of the molecule is FC(F)(F)c1ccc(CN2CCCNCCC2)cc1. The predicted octanol–water partition coefficient (Wildman–Crippen LogP) is 2.89. The molecule has 19 heavy (non-hydrogen) atoms. The molecule has 1 aliphatic rings. The molecule has 1 fully saturated rings. The Labute approximate surface area is 111 Å². The van der Waals surface area contributed by atoms with Gasteiger partial charge in [-0.3, -0.25) is 4.90 Å². The van der Waals surface area contributed by atoms with Crippen LogP contribution in [0.1, 0.15) is 24.0 Å². The number of benzene rings is 1. The van der Waals surface area contributed by atoms with Gasteiger partial charge in [-0.25, -0.2) is 0 Å². The van der Waals surface area contributed by atoms with Crippen LogP contribution < -0.4 is 5.32 Å². The molecule has 5 heteroatoms. The van der Waals surface area contributed by atoms with E-state index in [9.17, 15) is 13.2 Å². The summed E-state index contributed by atoms with van der Waals surface area (Å²) in [5, 5.41) is 3.34. The molecule has 2 nitrogen and oxygen atoms in total. The molecule has 0 aromatic heterocycles. The van der Waals surface area contributed by atoms with Crippen LogP contribution >= 0.6 is 0 Å². The minimum Gasteiger partial charge on any atom is -0.317 e. The molecular formula is C14H19F3N2. The molecule has 0 radical (unpaired) electrons. The van der Waals surface area contributed by atoms with Crippen LogP contribution in [-0.4, -0.2) is 31.1 Å². The number of rotatable bonds is 2. The summed E-state index contributed by atoms with van der Waals surface area (Å²) in [5.74, 6) is 0. The molecule has 0 atom stereocenters. The lowest BCUT2D eigenvalue weighted by Crippen LogP contribution is -2.33. The van der Waals surface area contributed by atoms with E-state index < -0.39 is 11.7 Å². The number of halogens is 3. The van der Waals surface area contributed by atoms with Crippen molar-refractivity contribution in [1.29, 1.82) is 0 Å². The van der Waals surface area contributed by atoms with Crippen molar-refractivity contribution in [3.63, 3.8) is 0 Å². The zero-order valence-corrected chi connectivity index (χ0v) is 10.8.